The van der Waals surface area contributed by atoms with Crippen molar-refractivity contribution < 1.29 is 14.3 Å². The number of nitrogens with two attached hydrogens (primary N) is 1. The number of allylic oxidation sites excluding steroid dienone is 6. The predicted molar refractivity (Wildman–Crippen MR) is 143 cm³/mol. The number of halogens is 1. The van der Waals surface area contributed by atoms with E-state index in [1.165, 1.54) is 17.7 Å². The molecule has 1 aliphatic rings. The van der Waals surface area contributed by atoms with Gasteiger partial charge in [0.1, 0.15) is 11.6 Å². The fourth-order valence-corrected chi connectivity index (χ4v) is 3.04. The number of benzene rings is 1. The maximum absolute atomic E-state index is 13.4. The molecule has 1 aliphatic carbocycles. The normalized spacial score (nSPS) is 14.1. The van der Waals surface area contributed by atoms with Gasteiger partial charge in [-0.25, -0.2) is 4.39 Å². The van der Waals surface area contributed by atoms with Crippen molar-refractivity contribution in [3.63, 3.8) is 0 Å². The highest BCUT2D eigenvalue weighted by Gasteiger charge is 2.31. The van der Waals surface area contributed by atoms with E-state index >= 15 is 0 Å². The summed E-state index contributed by atoms with van der Waals surface area (Å²) >= 11 is 0. The summed E-state index contributed by atoms with van der Waals surface area (Å²) in [7, 11) is 0. The summed E-state index contributed by atoms with van der Waals surface area (Å²) in [6.07, 6.45) is 11.3. The quantitative estimate of drug-likeness (QED) is 0.192. The second-order valence-electron chi connectivity index (χ2n) is 7.84. The van der Waals surface area contributed by atoms with Gasteiger partial charge in [0.25, 0.3) is 0 Å². The third kappa shape index (κ3) is 10.6. The van der Waals surface area contributed by atoms with Crippen LogP contribution in [0.4, 0.5) is 4.39 Å². The van der Waals surface area contributed by atoms with E-state index in [4.69, 9.17) is 11.0 Å². The maximum atomic E-state index is 13.4. The fourth-order valence-electron chi connectivity index (χ4n) is 3.04. The number of ketones is 1. The van der Waals surface area contributed by atoms with Gasteiger partial charge in [-0.1, -0.05) is 46.3 Å². The number of phenols is 1. The van der Waals surface area contributed by atoms with E-state index in [1.54, 1.807) is 19.1 Å². The first-order chi connectivity index (χ1) is 16.7. The molecule has 192 valence electrons. The largest absolute Gasteiger partial charge is 0.507 e. The molecule has 0 heterocycles. The molecule has 1 saturated carbocycles. The van der Waals surface area contributed by atoms with Crippen LogP contribution in [0.5, 0.6) is 5.75 Å². The highest BCUT2D eigenvalue weighted by atomic mass is 19.1. The number of Topliss-reactive ketones (excluding diaryl/α,β-unsaturated/α-hetero) is 1. The number of nitrogens with zero attached hydrogens (tertiary/aromatic N) is 1. The van der Waals surface area contributed by atoms with Gasteiger partial charge in [0.15, 0.2) is 5.78 Å². The van der Waals surface area contributed by atoms with Gasteiger partial charge in [0, 0.05) is 23.3 Å². The zero-order valence-corrected chi connectivity index (χ0v) is 22.3. The number of carbonyl (C=O) groups excluding carboxylic acids is 1. The molecule has 0 spiro atoms. The van der Waals surface area contributed by atoms with Crippen molar-refractivity contribution in [3.05, 3.63) is 76.0 Å². The third-order valence-electron chi connectivity index (χ3n) is 5.33. The lowest BCUT2D eigenvalue weighted by atomic mass is 10.0. The Morgan fingerprint density at radius 2 is 1.86 bits per heavy atom. The SMILES string of the molecule is C/C=C(C#N)\C=C/C(N/C(N)=C/CC)=C(C)CC.CC.CCC(=O)c1ccc(F)c(C2CC2)c1O. The summed E-state index contributed by atoms with van der Waals surface area (Å²) in [6, 6.07) is 4.76. The Morgan fingerprint density at radius 1 is 1.23 bits per heavy atom. The van der Waals surface area contributed by atoms with Crippen LogP contribution < -0.4 is 11.1 Å². The summed E-state index contributed by atoms with van der Waals surface area (Å²) in [4.78, 5) is 11.5. The van der Waals surface area contributed by atoms with Gasteiger partial charge < -0.3 is 16.2 Å². The molecule has 1 aromatic rings. The van der Waals surface area contributed by atoms with Crippen LogP contribution in [0.2, 0.25) is 0 Å². The monoisotopic (exact) mass is 483 g/mol. The molecule has 4 N–H and O–H groups in total. The van der Waals surface area contributed by atoms with Crippen molar-refractivity contribution in [1.82, 2.24) is 5.32 Å². The van der Waals surface area contributed by atoms with Crippen molar-refractivity contribution in [2.75, 3.05) is 0 Å². The number of hydrogen-bond donors (Lipinski definition) is 3. The number of aromatic hydroxyl groups is 1. The van der Waals surface area contributed by atoms with Crippen LogP contribution in [0.15, 0.2) is 59.1 Å². The summed E-state index contributed by atoms with van der Waals surface area (Å²) in [5.41, 5.74) is 9.22. The number of phenolic OH excluding ortho intramolecular Hbond substituents is 1. The van der Waals surface area contributed by atoms with Gasteiger partial charge in [0.2, 0.25) is 0 Å². The first-order valence-electron chi connectivity index (χ1n) is 12.4. The van der Waals surface area contributed by atoms with E-state index in [0.717, 1.165) is 31.4 Å². The van der Waals surface area contributed by atoms with E-state index in [1.807, 2.05) is 46.8 Å². The van der Waals surface area contributed by atoms with Crippen molar-refractivity contribution >= 4 is 5.78 Å². The molecule has 0 saturated heterocycles. The summed E-state index contributed by atoms with van der Waals surface area (Å²) in [6.45, 7) is 13.7. The highest BCUT2D eigenvalue weighted by molar-refractivity contribution is 5.98. The van der Waals surface area contributed by atoms with E-state index in [-0.39, 0.29) is 23.0 Å². The molecule has 0 aliphatic heterocycles. The van der Waals surface area contributed by atoms with E-state index < -0.39 is 5.82 Å². The van der Waals surface area contributed by atoms with Crippen LogP contribution in [0, 0.1) is 17.1 Å². The molecule has 0 unspecified atom stereocenters. The van der Waals surface area contributed by atoms with Gasteiger partial charge in [-0.2, -0.15) is 5.26 Å². The van der Waals surface area contributed by atoms with Gasteiger partial charge in [0.05, 0.1) is 17.5 Å². The standard InChI is InChI=1S/C15H23N3.C12H13FO2.C2H6/c1-5-8-15(17)18-14(12(4)6-2)10-9-13(7-3)11-16;1-2-10(14)8-5-6-9(13)11(12(8)15)7-3-4-7;1-2/h7-10,18H,5-6,17H2,1-4H3;5-7,15H,2-4H2,1H3;1-2H3/b10-9-,13-7+,14-12?,15-8+;;. The lowest BCUT2D eigenvalue weighted by molar-refractivity contribution is 0.0985. The Kier molecular flexibility index (Phi) is 15.5. The predicted octanol–water partition coefficient (Wildman–Crippen LogP) is 7.52. The summed E-state index contributed by atoms with van der Waals surface area (Å²) < 4.78 is 13.4. The highest BCUT2D eigenvalue weighted by Crippen LogP contribution is 2.46. The van der Waals surface area contributed by atoms with Gasteiger partial charge in [-0.05, 0) is 75.8 Å². The minimum absolute atomic E-state index is 0.106. The number of carbonyl (C=O) groups is 1. The second kappa shape index (κ2) is 17.2. The zero-order valence-electron chi connectivity index (χ0n) is 22.3. The molecule has 5 nitrogen and oxygen atoms in total. The first-order valence-corrected chi connectivity index (χ1v) is 12.4. The molecule has 0 amide bonds. The molecule has 6 heteroatoms. The van der Waals surface area contributed by atoms with Crippen LogP contribution in [-0.4, -0.2) is 10.9 Å². The smallest absolute Gasteiger partial charge is 0.166 e. The topological polar surface area (TPSA) is 99.1 Å². The van der Waals surface area contributed by atoms with Crippen LogP contribution >= 0.6 is 0 Å². The summed E-state index contributed by atoms with van der Waals surface area (Å²) in [5.74, 6) is 0.0555. The Balaban J connectivity index is 0.000000622. The molecule has 35 heavy (non-hydrogen) atoms. The lowest BCUT2D eigenvalue weighted by Gasteiger charge is -2.11. The molecular formula is C29H42FN3O2. The third-order valence-corrected chi connectivity index (χ3v) is 5.33. The van der Waals surface area contributed by atoms with Crippen LogP contribution in [0.1, 0.15) is 102 Å². The Hall–Kier alpha value is -3.33. The van der Waals surface area contributed by atoms with E-state index in [9.17, 15) is 14.3 Å². The number of nitriles is 1. The number of rotatable bonds is 9. The van der Waals surface area contributed by atoms with Crippen molar-refractivity contribution in [3.8, 4) is 11.8 Å². The van der Waals surface area contributed by atoms with Gasteiger partial charge >= 0.3 is 0 Å². The first kappa shape index (κ1) is 31.7. The Bertz CT molecular complexity index is 994. The van der Waals surface area contributed by atoms with Crippen LogP contribution in [0.25, 0.3) is 0 Å². The second-order valence-corrected chi connectivity index (χ2v) is 7.84. The maximum Gasteiger partial charge on any atom is 0.166 e. The van der Waals surface area contributed by atoms with Gasteiger partial charge in [-0.15, -0.1) is 0 Å². The van der Waals surface area contributed by atoms with E-state index in [0.29, 0.717) is 23.4 Å². The van der Waals surface area contributed by atoms with E-state index in [2.05, 4.69) is 18.3 Å². The number of nitrogens with one attached hydrogen (secondary N) is 1. The van der Waals surface area contributed by atoms with Crippen molar-refractivity contribution in [1.29, 1.82) is 5.26 Å². The average molecular weight is 484 g/mol. The zero-order chi connectivity index (χ0) is 27.0. The molecule has 0 aromatic heterocycles. The average Bonchev–Trinajstić information content (AvgIpc) is 3.70. The number of hydrogen-bond acceptors (Lipinski definition) is 5. The van der Waals surface area contributed by atoms with Gasteiger partial charge in [-0.3, -0.25) is 4.79 Å². The van der Waals surface area contributed by atoms with Crippen molar-refractivity contribution in [2.45, 2.75) is 86.5 Å². The molecule has 0 radical (unpaired) electrons. The van der Waals surface area contributed by atoms with Crippen LogP contribution in [0.3, 0.4) is 0 Å². The van der Waals surface area contributed by atoms with Crippen LogP contribution in [-0.2, 0) is 0 Å². The fraction of sp³-hybridized carbons (Fsp3) is 0.448. The molecular weight excluding hydrogens is 441 g/mol. The Labute approximate surface area is 210 Å². The molecule has 0 bridgehead atoms. The molecule has 1 aromatic carbocycles. The minimum atomic E-state index is -0.400. The molecule has 2 rings (SSSR count). The van der Waals surface area contributed by atoms with Crippen molar-refractivity contribution in [2.24, 2.45) is 5.73 Å². The summed E-state index contributed by atoms with van der Waals surface area (Å²) in [5, 5.41) is 21.8. The molecule has 0 atom stereocenters. The lowest BCUT2D eigenvalue weighted by Crippen LogP contribution is -2.19. The molecule has 1 fully saturated rings. The Morgan fingerprint density at radius 3 is 2.31 bits per heavy atom. The minimum Gasteiger partial charge on any atom is -0.507 e.